The molecule has 3 aromatic carbocycles. The number of aryl methyl sites for hydroxylation is 2. The van der Waals surface area contributed by atoms with E-state index in [9.17, 15) is 0 Å². The molecule has 2 nitrogen and oxygen atoms in total. The van der Waals surface area contributed by atoms with Gasteiger partial charge in [-0.25, -0.2) is 4.98 Å². The maximum Gasteiger partial charge on any atom is 0.0909 e. The van der Waals surface area contributed by atoms with E-state index in [0.29, 0.717) is 0 Å². The Morgan fingerprint density at radius 3 is 2.55 bits per heavy atom. The molecule has 0 saturated carbocycles. The van der Waals surface area contributed by atoms with Crippen LogP contribution in [0.4, 0.5) is 0 Å². The van der Waals surface area contributed by atoms with E-state index >= 15 is 0 Å². The lowest BCUT2D eigenvalue weighted by Gasteiger charge is -2.20. The van der Waals surface area contributed by atoms with E-state index in [0.717, 1.165) is 35.6 Å². The van der Waals surface area contributed by atoms with Crippen LogP contribution in [0.2, 0.25) is 5.02 Å². The summed E-state index contributed by atoms with van der Waals surface area (Å²) in [5.41, 5.74) is 8.74. The largest absolute Gasteiger partial charge is 0.334 e. The molecule has 0 amide bonds. The predicted octanol–water partition coefficient (Wildman–Crippen LogP) is 6.66. The molecule has 0 saturated heterocycles. The van der Waals surface area contributed by atoms with Crippen molar-refractivity contribution in [3.8, 4) is 11.4 Å². The van der Waals surface area contributed by atoms with Gasteiger partial charge in [0, 0.05) is 27.9 Å². The zero-order valence-electron chi connectivity index (χ0n) is 15.9. The van der Waals surface area contributed by atoms with Crippen LogP contribution in [0.5, 0.6) is 0 Å². The molecule has 2 aromatic heterocycles. The van der Waals surface area contributed by atoms with Gasteiger partial charge in [0.1, 0.15) is 0 Å². The highest BCUT2D eigenvalue weighted by Gasteiger charge is 2.26. The molecule has 2 heterocycles. The summed E-state index contributed by atoms with van der Waals surface area (Å²) in [6.45, 7) is 0.807. The number of hydrogen-bond donors (Lipinski definition) is 0. The van der Waals surface area contributed by atoms with E-state index < -0.39 is 0 Å². The number of hydrogen-bond acceptors (Lipinski definition) is 1. The van der Waals surface area contributed by atoms with Gasteiger partial charge in [-0.2, -0.15) is 0 Å². The van der Waals surface area contributed by atoms with Crippen molar-refractivity contribution in [2.75, 3.05) is 0 Å². The minimum atomic E-state index is 0.770. The lowest BCUT2D eigenvalue weighted by molar-refractivity contribution is 0.818. The second kappa shape index (κ2) is 6.47. The molecule has 3 heteroatoms. The third kappa shape index (κ3) is 2.67. The molecule has 1 aliphatic rings. The number of benzene rings is 3. The molecule has 0 bridgehead atoms. The van der Waals surface area contributed by atoms with Crippen molar-refractivity contribution in [1.82, 2.24) is 9.55 Å². The van der Waals surface area contributed by atoms with Crippen molar-refractivity contribution in [3.63, 3.8) is 0 Å². The summed E-state index contributed by atoms with van der Waals surface area (Å²) in [7, 11) is 0. The minimum absolute atomic E-state index is 0.770. The third-order valence-corrected chi connectivity index (χ3v) is 6.25. The van der Waals surface area contributed by atoms with Crippen LogP contribution in [0.15, 0.2) is 78.9 Å². The molecule has 140 valence electrons. The van der Waals surface area contributed by atoms with Gasteiger partial charge in [-0.05, 0) is 59.9 Å². The maximum atomic E-state index is 6.11. The summed E-state index contributed by atoms with van der Waals surface area (Å²) in [6, 6.07) is 27.6. The topological polar surface area (TPSA) is 17.8 Å². The van der Waals surface area contributed by atoms with Gasteiger partial charge in [-0.3, -0.25) is 0 Å². The molecule has 0 fully saturated rings. The minimum Gasteiger partial charge on any atom is -0.334 e. The van der Waals surface area contributed by atoms with Crippen molar-refractivity contribution in [3.05, 3.63) is 101 Å². The molecule has 29 heavy (non-hydrogen) atoms. The molecule has 0 atom stereocenters. The fourth-order valence-corrected chi connectivity index (χ4v) is 4.78. The standard InChI is InChI=1S/C26H19ClN2/c27-20-12-9-17(10-13-20)16-29-24-8-4-2-6-21(24)22-14-11-19-15-18-5-1-3-7-23(18)28-25(19)26(22)29/h1-10,12-13,15H,11,14,16H2. The number of fused-ring (bicyclic) bond motifs is 6. The average molecular weight is 395 g/mol. The molecule has 0 radical (unpaired) electrons. The van der Waals surface area contributed by atoms with E-state index in [1.165, 1.54) is 38.7 Å². The SMILES string of the molecule is Clc1ccc(Cn2c3c(c4ccccc42)CCc2cc4ccccc4nc2-3)cc1. The second-order valence-corrected chi connectivity index (χ2v) is 8.18. The van der Waals surface area contributed by atoms with Crippen LogP contribution in [0.3, 0.4) is 0 Å². The van der Waals surface area contributed by atoms with Gasteiger partial charge < -0.3 is 4.57 Å². The van der Waals surface area contributed by atoms with Crippen LogP contribution < -0.4 is 0 Å². The Kier molecular flexibility index (Phi) is 3.75. The zero-order valence-corrected chi connectivity index (χ0v) is 16.7. The quantitative estimate of drug-likeness (QED) is 0.327. The van der Waals surface area contributed by atoms with Gasteiger partial charge in [0.25, 0.3) is 0 Å². The maximum absolute atomic E-state index is 6.11. The van der Waals surface area contributed by atoms with Crippen molar-refractivity contribution in [1.29, 1.82) is 0 Å². The fraction of sp³-hybridized carbons (Fsp3) is 0.115. The summed E-state index contributed by atoms with van der Waals surface area (Å²) in [5.74, 6) is 0. The highest BCUT2D eigenvalue weighted by Crippen LogP contribution is 2.40. The summed E-state index contributed by atoms with van der Waals surface area (Å²) >= 11 is 6.11. The van der Waals surface area contributed by atoms with Crippen molar-refractivity contribution >= 4 is 33.4 Å². The number of rotatable bonds is 2. The van der Waals surface area contributed by atoms with Gasteiger partial charge in [-0.15, -0.1) is 0 Å². The van der Waals surface area contributed by atoms with Gasteiger partial charge in [0.15, 0.2) is 0 Å². The van der Waals surface area contributed by atoms with Crippen LogP contribution in [-0.4, -0.2) is 9.55 Å². The Morgan fingerprint density at radius 2 is 1.66 bits per heavy atom. The van der Waals surface area contributed by atoms with Crippen LogP contribution in [0.1, 0.15) is 16.7 Å². The Morgan fingerprint density at radius 1 is 0.862 bits per heavy atom. The number of aromatic nitrogens is 2. The van der Waals surface area contributed by atoms with E-state index in [2.05, 4.69) is 71.3 Å². The smallest absolute Gasteiger partial charge is 0.0909 e. The second-order valence-electron chi connectivity index (χ2n) is 7.75. The van der Waals surface area contributed by atoms with E-state index in [-0.39, 0.29) is 0 Å². The van der Waals surface area contributed by atoms with Gasteiger partial charge >= 0.3 is 0 Å². The monoisotopic (exact) mass is 394 g/mol. The summed E-state index contributed by atoms with van der Waals surface area (Å²) < 4.78 is 2.44. The van der Waals surface area contributed by atoms with Crippen molar-refractivity contribution < 1.29 is 0 Å². The predicted molar refractivity (Wildman–Crippen MR) is 121 cm³/mol. The van der Waals surface area contributed by atoms with Crippen LogP contribution in [-0.2, 0) is 19.4 Å². The average Bonchev–Trinajstić information content (AvgIpc) is 3.08. The van der Waals surface area contributed by atoms with E-state index in [1.54, 1.807) is 0 Å². The molecule has 6 rings (SSSR count). The Bertz CT molecular complexity index is 1380. The highest BCUT2D eigenvalue weighted by atomic mass is 35.5. The normalized spacial score (nSPS) is 12.9. The van der Waals surface area contributed by atoms with Gasteiger partial charge in [-0.1, -0.05) is 60.1 Å². The molecule has 0 spiro atoms. The molecule has 5 aromatic rings. The summed E-state index contributed by atoms with van der Waals surface area (Å²) in [6.07, 6.45) is 2.09. The third-order valence-electron chi connectivity index (χ3n) is 6.00. The first kappa shape index (κ1) is 16.8. The Balaban J connectivity index is 1.63. The number of para-hydroxylation sites is 2. The van der Waals surface area contributed by atoms with E-state index in [4.69, 9.17) is 16.6 Å². The zero-order chi connectivity index (χ0) is 19.4. The number of halogens is 1. The molecule has 0 aliphatic heterocycles. The molecule has 0 N–H and O–H groups in total. The van der Waals surface area contributed by atoms with Crippen LogP contribution in [0, 0.1) is 0 Å². The fourth-order valence-electron chi connectivity index (χ4n) is 4.65. The Hall–Kier alpha value is -3.10. The first-order valence-electron chi connectivity index (χ1n) is 10.0. The molecule has 1 aliphatic carbocycles. The lowest BCUT2D eigenvalue weighted by atomic mass is 9.91. The number of pyridine rings is 1. The first-order chi connectivity index (χ1) is 14.3. The van der Waals surface area contributed by atoms with Crippen LogP contribution in [0.25, 0.3) is 33.2 Å². The number of nitrogens with zero attached hydrogens (tertiary/aromatic N) is 2. The molecule has 0 unspecified atom stereocenters. The van der Waals surface area contributed by atoms with Gasteiger partial charge in [0.2, 0.25) is 0 Å². The van der Waals surface area contributed by atoms with Crippen LogP contribution >= 0.6 is 11.6 Å². The highest BCUT2D eigenvalue weighted by molar-refractivity contribution is 6.30. The molecular weight excluding hydrogens is 376 g/mol. The Labute approximate surface area is 174 Å². The van der Waals surface area contributed by atoms with Crippen molar-refractivity contribution in [2.45, 2.75) is 19.4 Å². The summed E-state index contributed by atoms with van der Waals surface area (Å²) in [5, 5.41) is 3.33. The first-order valence-corrected chi connectivity index (χ1v) is 10.4. The summed E-state index contributed by atoms with van der Waals surface area (Å²) in [4.78, 5) is 5.13. The van der Waals surface area contributed by atoms with Gasteiger partial charge in [0.05, 0.1) is 16.9 Å². The molecular formula is C26H19ClN2. The lowest BCUT2D eigenvalue weighted by Crippen LogP contribution is -2.10. The van der Waals surface area contributed by atoms with Crippen molar-refractivity contribution in [2.24, 2.45) is 0 Å². The van der Waals surface area contributed by atoms with E-state index in [1.807, 2.05) is 12.1 Å².